The van der Waals surface area contributed by atoms with Crippen molar-refractivity contribution in [3.63, 3.8) is 0 Å². The summed E-state index contributed by atoms with van der Waals surface area (Å²) < 4.78 is 80.2. The van der Waals surface area contributed by atoms with E-state index in [0.29, 0.717) is 22.8 Å². The minimum absolute atomic E-state index is 0.0347. The van der Waals surface area contributed by atoms with Crippen LogP contribution >= 0.6 is 0 Å². The van der Waals surface area contributed by atoms with Gasteiger partial charge >= 0.3 is 6.43 Å². The Morgan fingerprint density at radius 2 is 1.21 bits per heavy atom. The van der Waals surface area contributed by atoms with Crippen molar-refractivity contribution in [3.05, 3.63) is 108 Å². The summed E-state index contributed by atoms with van der Waals surface area (Å²) in [4.78, 5) is 11.4. The van der Waals surface area contributed by atoms with Crippen molar-refractivity contribution in [3.8, 4) is 11.6 Å². The minimum atomic E-state index is -3.54. The lowest BCUT2D eigenvalue weighted by atomic mass is 10.2. The molecule has 0 amide bonds. The Bertz CT molecular complexity index is 2020. The number of alkyl halides is 2. The van der Waals surface area contributed by atoms with Crippen molar-refractivity contribution in [1.29, 1.82) is 0 Å². The van der Waals surface area contributed by atoms with E-state index < -0.39 is 32.4 Å². The summed E-state index contributed by atoms with van der Waals surface area (Å²) in [6, 6.07) is 23.2. The average Bonchev–Trinajstić information content (AvgIpc) is 3.57. The second-order valence-corrected chi connectivity index (χ2v) is 13.7. The molecule has 0 aliphatic rings. The van der Waals surface area contributed by atoms with Gasteiger partial charge in [-0.05, 0) is 48.5 Å². The van der Waals surface area contributed by atoms with E-state index in [-0.39, 0.29) is 42.7 Å². The Hall–Kier alpha value is -5.27. The van der Waals surface area contributed by atoms with Crippen LogP contribution in [0.4, 0.5) is 20.2 Å². The molecule has 15 nitrogen and oxygen atoms in total. The minimum Gasteiger partial charge on any atom is -0.413 e. The monoisotopic (exact) mass is 701 g/mol. The van der Waals surface area contributed by atoms with Crippen molar-refractivity contribution >= 4 is 37.2 Å². The molecule has 0 radical (unpaired) electrons. The lowest BCUT2D eigenvalue weighted by Crippen LogP contribution is -2.29. The van der Waals surface area contributed by atoms with Crippen LogP contribution in [0.1, 0.15) is 34.2 Å². The molecule has 3 aromatic heterocycles. The lowest BCUT2D eigenvalue weighted by Gasteiger charge is -2.21. The van der Waals surface area contributed by atoms with Gasteiger partial charge in [-0.1, -0.05) is 36.4 Å². The number of sulfonamides is 2. The molecule has 252 valence electrons. The maximum absolute atomic E-state index is 12.5. The standard InChI is InChI=1S/C15H13F2N5O3S.C14H16N4O3S/c1-26(23,24)22(11-5-3-2-4-6-11)9-10-7-8-12(19-18-10)14-20-21-15(25-14)13(16)17;1-22(20,21)18(12-5-3-2-4-6-12)10-11-7-8-13(17-16-11)14(19)9-15/h2-8,13H,9H2,1H3;2-8H,9-10,15H2,1H3. The number of halogens is 2. The molecule has 0 unspecified atom stereocenters. The first-order valence-electron chi connectivity index (χ1n) is 13.8. The molecule has 19 heteroatoms. The smallest absolute Gasteiger partial charge is 0.314 e. The molecule has 48 heavy (non-hydrogen) atoms. The van der Waals surface area contributed by atoms with E-state index in [0.717, 1.165) is 12.5 Å². The van der Waals surface area contributed by atoms with Crippen molar-refractivity contribution in [2.24, 2.45) is 5.73 Å². The second-order valence-electron chi connectivity index (χ2n) is 9.90. The molecule has 0 saturated carbocycles. The van der Waals surface area contributed by atoms with Gasteiger partial charge in [0.25, 0.3) is 11.8 Å². The predicted octanol–water partition coefficient (Wildman–Crippen LogP) is 3.01. The van der Waals surface area contributed by atoms with Crippen LogP contribution in [0.2, 0.25) is 0 Å². The van der Waals surface area contributed by atoms with Crippen molar-refractivity contribution in [2.75, 3.05) is 27.7 Å². The molecule has 0 aliphatic carbocycles. The maximum Gasteiger partial charge on any atom is 0.314 e. The van der Waals surface area contributed by atoms with Gasteiger partial charge in [0, 0.05) is 0 Å². The van der Waals surface area contributed by atoms with Crippen LogP contribution < -0.4 is 14.3 Å². The van der Waals surface area contributed by atoms with Gasteiger partial charge in [0.15, 0.2) is 5.78 Å². The van der Waals surface area contributed by atoms with E-state index in [4.69, 9.17) is 10.2 Å². The van der Waals surface area contributed by atoms with E-state index in [1.54, 1.807) is 66.7 Å². The van der Waals surface area contributed by atoms with Gasteiger partial charge in [-0.15, -0.1) is 20.4 Å². The average molecular weight is 702 g/mol. The summed E-state index contributed by atoms with van der Waals surface area (Å²) >= 11 is 0. The van der Waals surface area contributed by atoms with Crippen LogP contribution in [0.25, 0.3) is 11.6 Å². The molecule has 0 fully saturated rings. The molecule has 0 saturated heterocycles. The van der Waals surface area contributed by atoms with Crippen molar-refractivity contribution < 1.29 is 34.8 Å². The van der Waals surface area contributed by atoms with Gasteiger partial charge in [-0.25, -0.2) is 16.8 Å². The van der Waals surface area contributed by atoms with E-state index >= 15 is 0 Å². The molecular formula is C29H29F2N9O6S2. The highest BCUT2D eigenvalue weighted by molar-refractivity contribution is 7.92. The number of nitrogens with zero attached hydrogens (tertiary/aromatic N) is 8. The molecule has 3 heterocycles. The number of hydrogen-bond donors (Lipinski definition) is 1. The van der Waals surface area contributed by atoms with Gasteiger partial charge in [-0.3, -0.25) is 13.4 Å². The zero-order valence-electron chi connectivity index (χ0n) is 25.5. The third-order valence-electron chi connectivity index (χ3n) is 6.26. The quantitative estimate of drug-likeness (QED) is 0.186. The summed E-state index contributed by atoms with van der Waals surface area (Å²) in [6.45, 7) is -0.150. The number of nitrogens with two attached hydrogens (primary N) is 1. The summed E-state index contributed by atoms with van der Waals surface area (Å²) in [7, 11) is -7.01. The van der Waals surface area contributed by atoms with E-state index in [9.17, 15) is 30.4 Å². The molecule has 2 aromatic carbocycles. The van der Waals surface area contributed by atoms with Gasteiger partial charge in [0.05, 0.1) is 54.9 Å². The van der Waals surface area contributed by atoms with E-state index in [2.05, 4.69) is 30.6 Å². The number of para-hydroxylation sites is 2. The number of hydrogen-bond acceptors (Lipinski definition) is 13. The van der Waals surface area contributed by atoms with E-state index in [1.165, 1.54) is 26.8 Å². The highest BCUT2D eigenvalue weighted by atomic mass is 32.2. The van der Waals surface area contributed by atoms with Crippen LogP contribution in [-0.4, -0.2) is 72.3 Å². The van der Waals surface area contributed by atoms with Crippen LogP contribution in [0.3, 0.4) is 0 Å². The molecule has 2 N–H and O–H groups in total. The van der Waals surface area contributed by atoms with Gasteiger partial charge in [0.1, 0.15) is 11.4 Å². The molecule has 0 aliphatic heterocycles. The fourth-order valence-electron chi connectivity index (χ4n) is 3.96. The summed E-state index contributed by atoms with van der Waals surface area (Å²) in [5.41, 5.74) is 7.34. The van der Waals surface area contributed by atoms with Crippen molar-refractivity contribution in [2.45, 2.75) is 19.5 Å². The third kappa shape index (κ3) is 9.62. The fourth-order valence-corrected chi connectivity index (χ4v) is 5.71. The summed E-state index contributed by atoms with van der Waals surface area (Å²) in [5, 5.41) is 22.1. The molecule has 5 aromatic rings. The van der Waals surface area contributed by atoms with E-state index in [1.807, 2.05) is 0 Å². The van der Waals surface area contributed by atoms with Crippen molar-refractivity contribution in [1.82, 2.24) is 30.6 Å². The zero-order chi connectivity index (χ0) is 34.9. The number of Topliss-reactive ketones (excluding diaryl/α,β-unsaturated/α-hetero) is 1. The number of anilines is 2. The first-order chi connectivity index (χ1) is 22.8. The topological polar surface area (TPSA) is 208 Å². The first-order valence-corrected chi connectivity index (χ1v) is 17.5. The number of ketones is 1. The number of aromatic nitrogens is 6. The van der Waals surface area contributed by atoms with Gasteiger partial charge in [0.2, 0.25) is 20.0 Å². The number of carbonyl (C=O) groups is 1. The predicted molar refractivity (Wildman–Crippen MR) is 171 cm³/mol. The molecule has 0 spiro atoms. The molecule has 0 atom stereocenters. The SMILES string of the molecule is CS(=O)(=O)N(Cc1ccc(-c2nnc(C(F)F)o2)nn1)c1ccccc1.CS(=O)(=O)N(Cc1ccc(C(=O)CN)nn1)c1ccccc1. The Balaban J connectivity index is 0.000000220. The summed E-state index contributed by atoms with van der Waals surface area (Å²) in [6.07, 6.45) is -0.663. The van der Waals surface area contributed by atoms with Gasteiger partial charge < -0.3 is 10.2 Å². The van der Waals surface area contributed by atoms with Crippen LogP contribution in [0.5, 0.6) is 0 Å². The summed E-state index contributed by atoms with van der Waals surface area (Å²) in [5.74, 6) is -1.32. The fraction of sp³-hybridized carbons (Fsp3) is 0.207. The Kier molecular flexibility index (Phi) is 11.5. The number of benzene rings is 2. The molecule has 5 rings (SSSR count). The highest BCUT2D eigenvalue weighted by Crippen LogP contribution is 2.23. The number of carbonyl (C=O) groups excluding carboxylic acids is 1. The largest absolute Gasteiger partial charge is 0.413 e. The Labute approximate surface area is 274 Å². The maximum atomic E-state index is 12.5. The highest BCUT2D eigenvalue weighted by Gasteiger charge is 2.21. The van der Waals surface area contributed by atoms with Gasteiger partial charge in [-0.2, -0.15) is 19.0 Å². The Morgan fingerprint density at radius 3 is 1.58 bits per heavy atom. The van der Waals surface area contributed by atoms with Crippen LogP contribution in [0, 0.1) is 0 Å². The second kappa shape index (κ2) is 15.5. The van der Waals surface area contributed by atoms with Crippen LogP contribution in [0.15, 0.2) is 89.3 Å². The lowest BCUT2D eigenvalue weighted by molar-refractivity contribution is 0.0995. The Morgan fingerprint density at radius 1 is 0.708 bits per heavy atom. The third-order valence-corrected chi connectivity index (χ3v) is 8.54. The number of rotatable bonds is 12. The normalized spacial score (nSPS) is 11.5. The van der Waals surface area contributed by atoms with Crippen LogP contribution in [-0.2, 0) is 33.1 Å². The zero-order valence-corrected chi connectivity index (χ0v) is 27.1. The molecular weight excluding hydrogens is 673 g/mol. The first kappa shape index (κ1) is 35.6. The molecule has 0 bridgehead atoms.